The van der Waals surface area contributed by atoms with Crippen LogP contribution in [0, 0.1) is 11.3 Å². The Labute approximate surface area is 215 Å². The van der Waals surface area contributed by atoms with Gasteiger partial charge in [-0.1, -0.05) is 40.2 Å². The van der Waals surface area contributed by atoms with E-state index in [0.717, 1.165) is 10.0 Å². The van der Waals surface area contributed by atoms with E-state index in [4.69, 9.17) is 24.7 Å². The van der Waals surface area contributed by atoms with Gasteiger partial charge in [0.2, 0.25) is 11.8 Å². The summed E-state index contributed by atoms with van der Waals surface area (Å²) in [5.74, 6) is -0.0388. The van der Waals surface area contributed by atoms with Crippen LogP contribution < -0.4 is 19.9 Å². The molecule has 2 aliphatic heterocycles. The lowest BCUT2D eigenvalue weighted by atomic mass is 9.82. The van der Waals surface area contributed by atoms with E-state index in [0.29, 0.717) is 48.9 Å². The number of fused-ring (bicyclic) bond motifs is 1. The number of nitriles is 1. The largest absolute Gasteiger partial charge is 0.493 e. The summed E-state index contributed by atoms with van der Waals surface area (Å²) in [6.45, 7) is 1.69. The van der Waals surface area contributed by atoms with Crippen LogP contribution in [0.2, 0.25) is 0 Å². The van der Waals surface area contributed by atoms with E-state index in [-0.39, 0.29) is 23.1 Å². The van der Waals surface area contributed by atoms with Gasteiger partial charge in [0.1, 0.15) is 11.6 Å². The van der Waals surface area contributed by atoms with Gasteiger partial charge in [0.15, 0.2) is 11.5 Å². The number of morpholine rings is 1. The molecule has 1 saturated heterocycles. The van der Waals surface area contributed by atoms with Crippen molar-refractivity contribution < 1.29 is 23.7 Å². The molecule has 0 aliphatic carbocycles. The standard InChI is InChI=1S/C25H22BrN5O5/c1-33-18-4-2-3-16(22(18)35-25(32)31-9-11-34-12-10-31)19-17(13-27)23(28)36-24-20(19)21(29-30-24)14-5-7-15(26)8-6-14/h2-8,19H,9-12,28H2,1H3,(H,29,30). The molecule has 1 atom stereocenters. The van der Waals surface area contributed by atoms with Crippen molar-refractivity contribution in [3.63, 3.8) is 0 Å². The quantitative estimate of drug-likeness (QED) is 0.498. The van der Waals surface area contributed by atoms with E-state index >= 15 is 0 Å². The number of halogens is 1. The SMILES string of the molecule is COc1cccc(C2C(C#N)=C(N)Oc3n[nH]c(-c4ccc(Br)cc4)c32)c1OC(=O)N1CCOCC1. The van der Waals surface area contributed by atoms with E-state index in [9.17, 15) is 10.1 Å². The van der Waals surface area contributed by atoms with E-state index in [1.165, 1.54) is 7.11 Å². The number of rotatable bonds is 4. The van der Waals surface area contributed by atoms with Gasteiger partial charge in [-0.25, -0.2) is 4.79 Å². The van der Waals surface area contributed by atoms with Gasteiger partial charge >= 0.3 is 6.09 Å². The number of carbonyl (C=O) groups is 1. The molecular formula is C25H22BrN5O5. The van der Waals surface area contributed by atoms with Gasteiger partial charge in [0.25, 0.3) is 0 Å². The molecular weight excluding hydrogens is 530 g/mol. The first-order valence-electron chi connectivity index (χ1n) is 11.1. The van der Waals surface area contributed by atoms with Gasteiger partial charge in [-0.05, 0) is 18.2 Å². The maximum absolute atomic E-state index is 13.0. The van der Waals surface area contributed by atoms with Gasteiger partial charge in [0, 0.05) is 28.7 Å². The third-order valence-corrected chi connectivity index (χ3v) is 6.60. The molecule has 1 aromatic heterocycles. The molecule has 3 aromatic rings. The zero-order valence-electron chi connectivity index (χ0n) is 19.3. The summed E-state index contributed by atoms with van der Waals surface area (Å²) in [6.07, 6.45) is -0.535. The third-order valence-electron chi connectivity index (χ3n) is 6.07. The first kappa shape index (κ1) is 23.7. The van der Waals surface area contributed by atoms with Crippen LogP contribution in [0.5, 0.6) is 17.4 Å². The molecule has 1 unspecified atom stereocenters. The highest BCUT2D eigenvalue weighted by atomic mass is 79.9. The zero-order chi connectivity index (χ0) is 25.2. The summed E-state index contributed by atoms with van der Waals surface area (Å²) in [5, 5.41) is 17.4. The number of nitrogens with zero attached hydrogens (tertiary/aromatic N) is 3. The van der Waals surface area contributed by atoms with Crippen LogP contribution in [0.15, 0.2) is 58.4 Å². The van der Waals surface area contributed by atoms with Gasteiger partial charge in [-0.2, -0.15) is 5.26 Å². The number of amides is 1. The summed E-state index contributed by atoms with van der Waals surface area (Å²) in [4.78, 5) is 14.6. The Morgan fingerprint density at radius 3 is 2.69 bits per heavy atom. The van der Waals surface area contributed by atoms with Crippen LogP contribution in [0.25, 0.3) is 11.3 Å². The fraction of sp³-hybridized carbons (Fsp3) is 0.240. The van der Waals surface area contributed by atoms with Crippen molar-refractivity contribution in [3.05, 3.63) is 69.5 Å². The monoisotopic (exact) mass is 551 g/mol. The zero-order valence-corrected chi connectivity index (χ0v) is 20.9. The number of para-hydroxylation sites is 1. The maximum Gasteiger partial charge on any atom is 0.415 e. The number of methoxy groups -OCH3 is 1. The minimum Gasteiger partial charge on any atom is -0.493 e. The lowest BCUT2D eigenvalue weighted by molar-refractivity contribution is 0.0412. The number of hydrogen-bond acceptors (Lipinski definition) is 8. The predicted molar refractivity (Wildman–Crippen MR) is 132 cm³/mol. The Hall–Kier alpha value is -4.01. The molecule has 0 radical (unpaired) electrons. The highest BCUT2D eigenvalue weighted by Crippen LogP contribution is 2.49. The molecule has 1 amide bonds. The molecule has 3 N–H and O–H groups in total. The van der Waals surface area contributed by atoms with E-state index < -0.39 is 12.0 Å². The summed E-state index contributed by atoms with van der Waals surface area (Å²) in [5.41, 5.74) is 8.91. The van der Waals surface area contributed by atoms with Crippen molar-refractivity contribution in [2.75, 3.05) is 33.4 Å². The minimum absolute atomic E-state index is 0.0721. The van der Waals surface area contributed by atoms with E-state index in [2.05, 4.69) is 32.2 Å². The summed E-state index contributed by atoms with van der Waals surface area (Å²) < 4.78 is 23.4. The Balaban J connectivity index is 1.66. The number of aromatic amines is 1. The van der Waals surface area contributed by atoms with Crippen molar-refractivity contribution in [3.8, 4) is 34.7 Å². The number of aromatic nitrogens is 2. The van der Waals surface area contributed by atoms with Crippen molar-refractivity contribution in [2.24, 2.45) is 5.73 Å². The number of allylic oxidation sites excluding steroid dienone is 1. The normalized spacial score (nSPS) is 17.1. The Morgan fingerprint density at radius 2 is 2.00 bits per heavy atom. The van der Waals surface area contributed by atoms with Crippen LogP contribution >= 0.6 is 15.9 Å². The van der Waals surface area contributed by atoms with Crippen molar-refractivity contribution in [1.82, 2.24) is 15.1 Å². The van der Waals surface area contributed by atoms with Crippen LogP contribution in [-0.2, 0) is 4.74 Å². The summed E-state index contributed by atoms with van der Waals surface area (Å²) in [6, 6.07) is 15.0. The second kappa shape index (κ2) is 9.93. The summed E-state index contributed by atoms with van der Waals surface area (Å²) >= 11 is 3.45. The maximum atomic E-state index is 13.0. The second-order valence-corrected chi connectivity index (χ2v) is 9.01. The molecule has 2 aromatic carbocycles. The first-order chi connectivity index (χ1) is 17.5. The number of benzene rings is 2. The fourth-order valence-corrected chi connectivity index (χ4v) is 4.58. The molecule has 36 heavy (non-hydrogen) atoms. The molecule has 0 spiro atoms. The second-order valence-electron chi connectivity index (χ2n) is 8.10. The number of nitrogens with two attached hydrogens (primary N) is 1. The first-order valence-corrected chi connectivity index (χ1v) is 11.9. The molecule has 0 saturated carbocycles. The van der Waals surface area contributed by atoms with Gasteiger partial charge < -0.3 is 29.6 Å². The molecule has 3 heterocycles. The fourth-order valence-electron chi connectivity index (χ4n) is 4.32. The van der Waals surface area contributed by atoms with Crippen molar-refractivity contribution >= 4 is 22.0 Å². The van der Waals surface area contributed by atoms with Crippen LogP contribution in [-0.4, -0.2) is 54.6 Å². The van der Waals surface area contributed by atoms with Crippen LogP contribution in [0.1, 0.15) is 17.0 Å². The van der Waals surface area contributed by atoms with Gasteiger partial charge in [-0.3, -0.25) is 5.10 Å². The van der Waals surface area contributed by atoms with Gasteiger partial charge in [-0.15, -0.1) is 5.10 Å². The van der Waals surface area contributed by atoms with E-state index in [1.807, 2.05) is 24.3 Å². The Bertz CT molecular complexity index is 1370. The van der Waals surface area contributed by atoms with Crippen LogP contribution in [0.3, 0.4) is 0 Å². The number of hydrogen-bond donors (Lipinski definition) is 2. The predicted octanol–water partition coefficient (Wildman–Crippen LogP) is 3.90. The third kappa shape index (κ3) is 4.25. The molecule has 10 nitrogen and oxygen atoms in total. The molecule has 2 aliphatic rings. The average Bonchev–Trinajstić information content (AvgIpc) is 3.32. The molecule has 0 bridgehead atoms. The molecule has 5 rings (SSSR count). The highest BCUT2D eigenvalue weighted by Gasteiger charge is 2.38. The Kier molecular flexibility index (Phi) is 6.54. The molecule has 1 fully saturated rings. The Morgan fingerprint density at radius 1 is 1.25 bits per heavy atom. The lowest BCUT2D eigenvalue weighted by Crippen LogP contribution is -2.42. The molecule has 11 heteroatoms. The highest BCUT2D eigenvalue weighted by molar-refractivity contribution is 9.10. The minimum atomic E-state index is -0.737. The van der Waals surface area contributed by atoms with Crippen LogP contribution in [0.4, 0.5) is 4.79 Å². The van der Waals surface area contributed by atoms with Crippen molar-refractivity contribution in [1.29, 1.82) is 5.26 Å². The summed E-state index contributed by atoms with van der Waals surface area (Å²) in [7, 11) is 1.49. The number of nitrogens with one attached hydrogen (secondary N) is 1. The van der Waals surface area contributed by atoms with E-state index in [1.54, 1.807) is 23.1 Å². The average molecular weight is 552 g/mol. The number of carbonyl (C=O) groups excluding carboxylic acids is 1. The number of H-pyrrole nitrogens is 1. The van der Waals surface area contributed by atoms with Gasteiger partial charge in [0.05, 0.1) is 37.5 Å². The number of ether oxygens (including phenoxy) is 4. The smallest absolute Gasteiger partial charge is 0.415 e. The topological polar surface area (TPSA) is 136 Å². The molecule has 184 valence electrons. The van der Waals surface area contributed by atoms with Crippen molar-refractivity contribution in [2.45, 2.75) is 5.92 Å². The lowest BCUT2D eigenvalue weighted by Gasteiger charge is -2.28.